The summed E-state index contributed by atoms with van der Waals surface area (Å²) in [4.78, 5) is 16.7. The predicted octanol–water partition coefficient (Wildman–Crippen LogP) is 3.70. The first-order valence-electron chi connectivity index (χ1n) is 8.68. The largest absolute Gasteiger partial charge is 0.314 e. The van der Waals surface area contributed by atoms with E-state index in [9.17, 15) is 4.79 Å². The first kappa shape index (κ1) is 16.7. The van der Waals surface area contributed by atoms with Gasteiger partial charge in [0.2, 0.25) is 5.91 Å². The minimum absolute atomic E-state index is 0.130. The summed E-state index contributed by atoms with van der Waals surface area (Å²) >= 11 is 0. The summed E-state index contributed by atoms with van der Waals surface area (Å²) in [5.74, 6) is 0.151. The van der Waals surface area contributed by atoms with Gasteiger partial charge in [-0.2, -0.15) is 0 Å². The molecule has 0 bridgehead atoms. The van der Waals surface area contributed by atoms with Gasteiger partial charge in [-0.15, -0.1) is 0 Å². The number of hydrogen-bond acceptors (Lipinski definition) is 2. The average Bonchev–Trinajstić information content (AvgIpc) is 2.62. The van der Waals surface area contributed by atoms with Crippen LogP contribution in [-0.4, -0.2) is 37.5 Å². The quantitative estimate of drug-likeness (QED) is 0.857. The molecule has 1 heterocycles. The first-order chi connectivity index (χ1) is 11.6. The predicted molar refractivity (Wildman–Crippen MR) is 99.3 cm³/mol. The second-order valence-electron chi connectivity index (χ2n) is 7.03. The van der Waals surface area contributed by atoms with Crippen LogP contribution >= 0.6 is 0 Å². The van der Waals surface area contributed by atoms with Gasteiger partial charge < -0.3 is 4.90 Å². The third-order valence-electron chi connectivity index (χ3n) is 5.12. The lowest BCUT2D eigenvalue weighted by atomic mass is 9.76. The van der Waals surface area contributed by atoms with Gasteiger partial charge >= 0.3 is 0 Å². The number of benzene rings is 2. The lowest BCUT2D eigenvalue weighted by molar-refractivity contribution is -0.119. The van der Waals surface area contributed by atoms with E-state index in [0.717, 1.165) is 25.2 Å². The summed E-state index contributed by atoms with van der Waals surface area (Å²) in [7, 11) is 1.86. The number of rotatable bonds is 4. The van der Waals surface area contributed by atoms with Crippen LogP contribution in [0.2, 0.25) is 0 Å². The molecule has 1 atom stereocenters. The van der Waals surface area contributed by atoms with Gasteiger partial charge in [0.25, 0.3) is 0 Å². The molecule has 3 rings (SSSR count). The molecule has 126 valence electrons. The molecule has 1 amide bonds. The summed E-state index contributed by atoms with van der Waals surface area (Å²) in [6, 6.07) is 20.5. The van der Waals surface area contributed by atoms with E-state index in [1.54, 1.807) is 4.90 Å². The second-order valence-corrected chi connectivity index (χ2v) is 7.03. The van der Waals surface area contributed by atoms with Gasteiger partial charge in [0.1, 0.15) is 0 Å². The Morgan fingerprint density at radius 1 is 1.08 bits per heavy atom. The number of likely N-dealkylation sites (tertiary alicyclic amines) is 1. The molecule has 1 aliphatic rings. The zero-order valence-corrected chi connectivity index (χ0v) is 14.6. The van der Waals surface area contributed by atoms with Crippen molar-refractivity contribution in [1.29, 1.82) is 0 Å². The molecule has 2 aromatic rings. The first-order valence-corrected chi connectivity index (χ1v) is 8.68. The van der Waals surface area contributed by atoms with E-state index in [2.05, 4.69) is 42.2 Å². The van der Waals surface area contributed by atoms with Crippen molar-refractivity contribution in [3.8, 4) is 0 Å². The van der Waals surface area contributed by atoms with E-state index >= 15 is 0 Å². The van der Waals surface area contributed by atoms with Crippen molar-refractivity contribution >= 4 is 11.6 Å². The maximum atomic E-state index is 12.6. The minimum atomic E-state index is 0.130. The van der Waals surface area contributed by atoms with Crippen molar-refractivity contribution in [3.05, 3.63) is 66.2 Å². The summed E-state index contributed by atoms with van der Waals surface area (Å²) < 4.78 is 0. The number of nitrogens with zero attached hydrogens (tertiary/aromatic N) is 2. The van der Waals surface area contributed by atoms with Crippen molar-refractivity contribution in [2.45, 2.75) is 25.2 Å². The summed E-state index contributed by atoms with van der Waals surface area (Å²) in [6.45, 7) is 4.73. The van der Waals surface area contributed by atoms with E-state index in [1.807, 2.05) is 37.4 Å². The van der Waals surface area contributed by atoms with Gasteiger partial charge in [0.15, 0.2) is 0 Å². The van der Waals surface area contributed by atoms with Crippen LogP contribution in [0.25, 0.3) is 0 Å². The molecule has 0 N–H and O–H groups in total. The summed E-state index contributed by atoms with van der Waals surface area (Å²) in [5.41, 5.74) is 2.45. The Balaban J connectivity index is 1.66. The van der Waals surface area contributed by atoms with Gasteiger partial charge in [-0.05, 0) is 37.1 Å². The van der Waals surface area contributed by atoms with Crippen LogP contribution in [0.3, 0.4) is 0 Å². The summed E-state index contributed by atoms with van der Waals surface area (Å²) in [5, 5.41) is 0. The molecule has 0 aliphatic carbocycles. The highest BCUT2D eigenvalue weighted by molar-refractivity contribution is 5.94. The topological polar surface area (TPSA) is 23.6 Å². The third kappa shape index (κ3) is 3.68. The molecule has 3 heteroatoms. The molecule has 3 nitrogen and oxygen atoms in total. The van der Waals surface area contributed by atoms with Crippen molar-refractivity contribution in [3.63, 3.8) is 0 Å². The highest BCUT2D eigenvalue weighted by Crippen LogP contribution is 2.33. The van der Waals surface area contributed by atoms with E-state index in [-0.39, 0.29) is 11.3 Å². The number of carbonyl (C=O) groups is 1. The highest BCUT2D eigenvalue weighted by Gasteiger charge is 2.33. The van der Waals surface area contributed by atoms with Gasteiger partial charge in [-0.3, -0.25) is 9.69 Å². The molecule has 24 heavy (non-hydrogen) atoms. The van der Waals surface area contributed by atoms with Crippen LogP contribution in [0, 0.1) is 0 Å². The van der Waals surface area contributed by atoms with Crippen LogP contribution in [0.4, 0.5) is 5.69 Å². The fraction of sp³-hybridized carbons (Fsp3) is 0.381. The Morgan fingerprint density at radius 3 is 2.38 bits per heavy atom. The molecule has 2 aromatic carbocycles. The number of carbonyl (C=O) groups excluding carboxylic acids is 1. The highest BCUT2D eigenvalue weighted by atomic mass is 16.2. The monoisotopic (exact) mass is 322 g/mol. The van der Waals surface area contributed by atoms with Crippen LogP contribution in [-0.2, 0) is 10.2 Å². The molecule has 0 saturated carbocycles. The number of hydrogen-bond donors (Lipinski definition) is 0. The van der Waals surface area contributed by atoms with E-state index in [4.69, 9.17) is 0 Å². The molecule has 0 aromatic heterocycles. The average molecular weight is 322 g/mol. The van der Waals surface area contributed by atoms with Crippen molar-refractivity contribution in [2.24, 2.45) is 0 Å². The minimum Gasteiger partial charge on any atom is -0.314 e. The molecule has 1 unspecified atom stereocenters. The van der Waals surface area contributed by atoms with E-state index in [1.165, 1.54) is 12.0 Å². The maximum Gasteiger partial charge on any atom is 0.240 e. The van der Waals surface area contributed by atoms with Gasteiger partial charge in [-0.1, -0.05) is 55.5 Å². The maximum absolute atomic E-state index is 12.6. The van der Waals surface area contributed by atoms with Crippen LogP contribution in [0.15, 0.2) is 60.7 Å². The Hall–Kier alpha value is -2.13. The van der Waals surface area contributed by atoms with Gasteiger partial charge in [0.05, 0.1) is 6.54 Å². The molecule has 1 fully saturated rings. The lowest BCUT2D eigenvalue weighted by Crippen LogP contribution is -2.48. The Morgan fingerprint density at radius 2 is 1.71 bits per heavy atom. The number of para-hydroxylation sites is 1. The Kier molecular flexibility index (Phi) is 5.00. The van der Waals surface area contributed by atoms with E-state index < -0.39 is 0 Å². The Labute approximate surface area is 144 Å². The van der Waals surface area contributed by atoms with Crippen LogP contribution in [0.5, 0.6) is 0 Å². The number of anilines is 1. The number of piperidine rings is 1. The van der Waals surface area contributed by atoms with Gasteiger partial charge in [0, 0.05) is 24.7 Å². The smallest absolute Gasteiger partial charge is 0.240 e. The summed E-state index contributed by atoms with van der Waals surface area (Å²) in [6.07, 6.45) is 2.31. The Bertz CT molecular complexity index is 671. The normalized spacial score (nSPS) is 21.4. The second kappa shape index (κ2) is 7.18. The van der Waals surface area contributed by atoms with Crippen molar-refractivity contribution < 1.29 is 4.79 Å². The molecule has 1 saturated heterocycles. The van der Waals surface area contributed by atoms with Crippen LogP contribution in [0.1, 0.15) is 25.3 Å². The van der Waals surface area contributed by atoms with E-state index in [0.29, 0.717) is 6.54 Å². The third-order valence-corrected chi connectivity index (χ3v) is 5.12. The zero-order chi connectivity index (χ0) is 17.0. The molecular weight excluding hydrogens is 296 g/mol. The number of likely N-dealkylation sites (N-methyl/N-ethyl adjacent to an activating group) is 1. The molecule has 0 radical (unpaired) electrons. The molecule has 1 aliphatic heterocycles. The fourth-order valence-corrected chi connectivity index (χ4v) is 3.65. The number of amides is 1. The standard InChI is InChI=1S/C21H26N2O/c1-21(18-10-5-3-6-11-18)14-9-15-23(17-21)16-20(24)22(2)19-12-7-4-8-13-19/h3-8,10-13H,9,14-17H2,1-2H3. The van der Waals surface area contributed by atoms with Crippen molar-refractivity contribution in [1.82, 2.24) is 4.90 Å². The SMILES string of the molecule is CN(C(=O)CN1CCCC(C)(c2ccccc2)C1)c1ccccc1. The van der Waals surface area contributed by atoms with Crippen LogP contribution < -0.4 is 4.90 Å². The fourth-order valence-electron chi connectivity index (χ4n) is 3.65. The van der Waals surface area contributed by atoms with Gasteiger partial charge in [-0.25, -0.2) is 0 Å². The molecular formula is C21H26N2O. The van der Waals surface area contributed by atoms with Crippen molar-refractivity contribution in [2.75, 3.05) is 31.6 Å². The zero-order valence-electron chi connectivity index (χ0n) is 14.6. The molecule has 0 spiro atoms. The lowest BCUT2D eigenvalue weighted by Gasteiger charge is -2.41.